The lowest BCUT2D eigenvalue weighted by Gasteiger charge is -2.21. The Morgan fingerprint density at radius 1 is 1.32 bits per heavy atom. The van der Waals surface area contributed by atoms with Gasteiger partial charge in [0, 0.05) is 6.42 Å². The van der Waals surface area contributed by atoms with Crippen molar-refractivity contribution in [1.82, 2.24) is 0 Å². The Balaban J connectivity index is 2.51. The summed E-state index contributed by atoms with van der Waals surface area (Å²) in [6.07, 6.45) is 1.35. The predicted octanol–water partition coefficient (Wildman–Crippen LogP) is 2.87. The smallest absolute Gasteiger partial charge is 0.119 e. The first-order valence-corrected chi connectivity index (χ1v) is 6.56. The molecule has 1 aromatic carbocycles. The second-order valence-electron chi connectivity index (χ2n) is 4.98. The number of rotatable bonds is 7. The van der Waals surface area contributed by atoms with Crippen LogP contribution in [0.1, 0.15) is 33.6 Å². The predicted molar refractivity (Wildman–Crippen MR) is 75.1 cm³/mol. The van der Waals surface area contributed by atoms with Crippen molar-refractivity contribution in [2.24, 2.45) is 5.73 Å². The van der Waals surface area contributed by atoms with Crippen molar-refractivity contribution in [2.45, 2.75) is 45.3 Å². The average Bonchev–Trinajstić information content (AvgIpc) is 2.37. The zero-order valence-electron chi connectivity index (χ0n) is 11.8. The molecule has 0 saturated carbocycles. The van der Waals surface area contributed by atoms with Gasteiger partial charge in [0.15, 0.2) is 0 Å². The first-order valence-electron chi connectivity index (χ1n) is 6.56. The molecule has 1 rings (SSSR count). The topological polar surface area (TPSA) is 68.3 Å². The maximum atomic E-state index is 8.88. The van der Waals surface area contributed by atoms with E-state index in [0.29, 0.717) is 13.0 Å². The lowest BCUT2D eigenvalue weighted by atomic mass is 9.98. The molecular formula is C15H22N2O2. The first-order chi connectivity index (χ1) is 8.96. The van der Waals surface area contributed by atoms with Crippen LogP contribution in [0.4, 0.5) is 0 Å². The third-order valence-electron chi connectivity index (χ3n) is 2.60. The molecule has 1 aromatic rings. The van der Waals surface area contributed by atoms with E-state index in [2.05, 4.69) is 13.0 Å². The molecule has 0 radical (unpaired) electrons. The van der Waals surface area contributed by atoms with E-state index in [1.807, 2.05) is 31.2 Å². The Labute approximate surface area is 115 Å². The van der Waals surface area contributed by atoms with Gasteiger partial charge in [0.05, 0.1) is 18.8 Å². The minimum atomic E-state index is -0.858. The highest BCUT2D eigenvalue weighted by molar-refractivity contribution is 5.31. The van der Waals surface area contributed by atoms with Crippen molar-refractivity contribution in [2.75, 3.05) is 6.61 Å². The van der Waals surface area contributed by atoms with Crippen molar-refractivity contribution in [1.29, 1.82) is 5.26 Å². The van der Waals surface area contributed by atoms with Crippen molar-refractivity contribution in [3.8, 4) is 17.6 Å². The summed E-state index contributed by atoms with van der Waals surface area (Å²) >= 11 is 0. The molecule has 0 aliphatic heterocycles. The van der Waals surface area contributed by atoms with Crippen molar-refractivity contribution >= 4 is 0 Å². The fourth-order valence-corrected chi connectivity index (χ4v) is 1.75. The van der Waals surface area contributed by atoms with Gasteiger partial charge >= 0.3 is 0 Å². The number of hydrogen-bond donors (Lipinski definition) is 1. The van der Waals surface area contributed by atoms with Crippen LogP contribution in [0.5, 0.6) is 11.5 Å². The second-order valence-corrected chi connectivity index (χ2v) is 4.98. The molecule has 0 aliphatic carbocycles. The number of ether oxygens (including phenoxy) is 2. The van der Waals surface area contributed by atoms with Gasteiger partial charge < -0.3 is 15.2 Å². The number of benzene rings is 1. The monoisotopic (exact) mass is 262 g/mol. The normalized spacial score (nSPS) is 15.1. The van der Waals surface area contributed by atoms with E-state index >= 15 is 0 Å². The largest absolute Gasteiger partial charge is 0.494 e. The van der Waals surface area contributed by atoms with Crippen LogP contribution in [-0.2, 0) is 0 Å². The van der Waals surface area contributed by atoms with Crippen LogP contribution in [0.2, 0.25) is 0 Å². The highest BCUT2D eigenvalue weighted by Crippen LogP contribution is 2.20. The summed E-state index contributed by atoms with van der Waals surface area (Å²) in [5.74, 6) is 1.59. The SMILES string of the molecule is CCCOc1ccc(OC(C)CC(C)(N)C#N)cc1. The molecule has 2 atom stereocenters. The third-order valence-corrected chi connectivity index (χ3v) is 2.60. The fraction of sp³-hybridized carbons (Fsp3) is 0.533. The van der Waals surface area contributed by atoms with Crippen LogP contribution in [0, 0.1) is 11.3 Å². The molecule has 4 heteroatoms. The minimum Gasteiger partial charge on any atom is -0.494 e. The summed E-state index contributed by atoms with van der Waals surface area (Å²) in [6, 6.07) is 9.55. The molecule has 104 valence electrons. The molecule has 0 saturated heterocycles. The number of nitrogens with zero attached hydrogens (tertiary/aromatic N) is 1. The fourth-order valence-electron chi connectivity index (χ4n) is 1.75. The van der Waals surface area contributed by atoms with Gasteiger partial charge in [0.1, 0.15) is 17.0 Å². The summed E-state index contributed by atoms with van der Waals surface area (Å²) in [6.45, 7) is 6.39. The van der Waals surface area contributed by atoms with Crippen molar-refractivity contribution in [3.63, 3.8) is 0 Å². The average molecular weight is 262 g/mol. The van der Waals surface area contributed by atoms with Gasteiger partial charge in [-0.15, -0.1) is 0 Å². The number of nitrogens with two attached hydrogens (primary N) is 1. The van der Waals surface area contributed by atoms with E-state index in [9.17, 15) is 0 Å². The van der Waals surface area contributed by atoms with Gasteiger partial charge in [0.2, 0.25) is 0 Å². The van der Waals surface area contributed by atoms with Crippen LogP contribution in [0.25, 0.3) is 0 Å². The zero-order valence-corrected chi connectivity index (χ0v) is 11.8. The molecule has 0 heterocycles. The standard InChI is InChI=1S/C15H22N2O2/c1-4-9-18-13-5-7-14(8-6-13)19-12(2)10-15(3,17)11-16/h5-8,12H,4,9-10,17H2,1-3H3. The molecule has 0 spiro atoms. The van der Waals surface area contributed by atoms with Crippen LogP contribution < -0.4 is 15.2 Å². The Kier molecular flexibility index (Phi) is 5.65. The molecular weight excluding hydrogens is 240 g/mol. The second kappa shape index (κ2) is 7.01. The van der Waals surface area contributed by atoms with E-state index in [1.54, 1.807) is 6.92 Å². The molecule has 0 amide bonds. The first kappa shape index (κ1) is 15.3. The Morgan fingerprint density at radius 3 is 2.42 bits per heavy atom. The van der Waals surface area contributed by atoms with Crippen LogP contribution >= 0.6 is 0 Å². The molecule has 2 unspecified atom stereocenters. The van der Waals surface area contributed by atoms with Gasteiger partial charge in [-0.3, -0.25) is 0 Å². The molecule has 2 N–H and O–H groups in total. The highest BCUT2D eigenvalue weighted by atomic mass is 16.5. The summed E-state index contributed by atoms with van der Waals surface area (Å²) in [7, 11) is 0. The van der Waals surface area contributed by atoms with Crippen molar-refractivity contribution in [3.05, 3.63) is 24.3 Å². The molecule has 0 fully saturated rings. The maximum absolute atomic E-state index is 8.88. The zero-order chi connectivity index (χ0) is 14.3. The Bertz CT molecular complexity index is 421. The van der Waals surface area contributed by atoms with Gasteiger partial charge in [-0.1, -0.05) is 6.92 Å². The van der Waals surface area contributed by atoms with E-state index in [4.69, 9.17) is 20.5 Å². The highest BCUT2D eigenvalue weighted by Gasteiger charge is 2.21. The summed E-state index contributed by atoms with van der Waals surface area (Å²) in [4.78, 5) is 0. The van der Waals surface area contributed by atoms with Gasteiger partial charge in [-0.05, 0) is 44.5 Å². The summed E-state index contributed by atoms with van der Waals surface area (Å²) in [5.41, 5.74) is 4.93. The molecule has 4 nitrogen and oxygen atoms in total. The quantitative estimate of drug-likeness (QED) is 0.820. The van der Waals surface area contributed by atoms with Gasteiger partial charge in [-0.2, -0.15) is 5.26 Å². The summed E-state index contributed by atoms with van der Waals surface area (Å²) < 4.78 is 11.2. The van der Waals surface area contributed by atoms with E-state index in [0.717, 1.165) is 17.9 Å². The maximum Gasteiger partial charge on any atom is 0.119 e. The molecule has 0 aliphatic rings. The summed E-state index contributed by atoms with van der Waals surface area (Å²) in [5, 5.41) is 8.88. The lowest BCUT2D eigenvalue weighted by Crippen LogP contribution is -2.38. The molecule has 19 heavy (non-hydrogen) atoms. The molecule has 0 aromatic heterocycles. The Hall–Kier alpha value is -1.73. The lowest BCUT2D eigenvalue weighted by molar-refractivity contribution is 0.191. The van der Waals surface area contributed by atoms with Gasteiger partial charge in [0.25, 0.3) is 0 Å². The third kappa shape index (κ3) is 5.62. The van der Waals surface area contributed by atoms with Crippen molar-refractivity contribution < 1.29 is 9.47 Å². The van der Waals surface area contributed by atoms with Gasteiger partial charge in [-0.25, -0.2) is 0 Å². The van der Waals surface area contributed by atoms with E-state index < -0.39 is 5.54 Å². The Morgan fingerprint density at radius 2 is 1.89 bits per heavy atom. The van der Waals surface area contributed by atoms with Crippen LogP contribution in [-0.4, -0.2) is 18.2 Å². The van der Waals surface area contributed by atoms with E-state index in [-0.39, 0.29) is 6.10 Å². The van der Waals surface area contributed by atoms with E-state index in [1.165, 1.54) is 0 Å². The van der Waals surface area contributed by atoms with Crippen LogP contribution in [0.15, 0.2) is 24.3 Å². The minimum absolute atomic E-state index is 0.114. The number of nitriles is 1. The van der Waals surface area contributed by atoms with Crippen LogP contribution in [0.3, 0.4) is 0 Å². The molecule has 0 bridgehead atoms. The number of hydrogen-bond acceptors (Lipinski definition) is 4.